The van der Waals surface area contributed by atoms with Crippen LogP contribution >= 0.6 is 0 Å². The van der Waals surface area contributed by atoms with Crippen molar-refractivity contribution >= 4 is 15.9 Å². The number of hydrogen-bond donors (Lipinski definition) is 2. The van der Waals surface area contributed by atoms with Crippen molar-refractivity contribution in [3.63, 3.8) is 0 Å². The van der Waals surface area contributed by atoms with E-state index in [9.17, 15) is 13.2 Å². The van der Waals surface area contributed by atoms with Gasteiger partial charge in [-0.05, 0) is 24.6 Å². The van der Waals surface area contributed by atoms with E-state index in [4.69, 9.17) is 4.42 Å². The first-order chi connectivity index (χ1) is 10.5. The van der Waals surface area contributed by atoms with Crippen molar-refractivity contribution in [2.24, 2.45) is 0 Å². The van der Waals surface area contributed by atoms with Crippen molar-refractivity contribution in [1.82, 2.24) is 10.0 Å². The summed E-state index contributed by atoms with van der Waals surface area (Å²) in [5.41, 5.74) is 0.665. The molecule has 0 aliphatic carbocycles. The van der Waals surface area contributed by atoms with Crippen LogP contribution in [0.4, 0.5) is 0 Å². The lowest BCUT2D eigenvalue weighted by Crippen LogP contribution is -2.44. The van der Waals surface area contributed by atoms with Gasteiger partial charge in [0.25, 0.3) is 0 Å². The lowest BCUT2D eigenvalue weighted by Gasteiger charge is -2.14. The number of hydrogen-bond acceptors (Lipinski definition) is 4. The summed E-state index contributed by atoms with van der Waals surface area (Å²) in [5, 5.41) is 2.61. The molecule has 0 spiro atoms. The van der Waals surface area contributed by atoms with Gasteiger partial charge in [-0.3, -0.25) is 4.79 Å². The molecule has 7 heteroatoms. The van der Waals surface area contributed by atoms with Crippen LogP contribution in [0.2, 0.25) is 0 Å². The average Bonchev–Trinajstić information content (AvgIpc) is 2.98. The predicted molar refractivity (Wildman–Crippen MR) is 82.2 cm³/mol. The number of amides is 1. The van der Waals surface area contributed by atoms with Crippen LogP contribution in [0.15, 0.2) is 53.1 Å². The molecule has 118 valence electrons. The first kappa shape index (κ1) is 16.3. The highest BCUT2D eigenvalue weighted by atomic mass is 32.2. The largest absolute Gasteiger partial charge is 0.467 e. The molecule has 0 radical (unpaired) electrons. The van der Waals surface area contributed by atoms with Crippen LogP contribution in [0.1, 0.15) is 18.2 Å². The van der Waals surface area contributed by atoms with Gasteiger partial charge in [-0.25, -0.2) is 13.1 Å². The molecule has 0 bridgehead atoms. The second kappa shape index (κ2) is 7.24. The normalized spacial score (nSPS) is 12.8. The zero-order chi connectivity index (χ0) is 16.0. The maximum absolute atomic E-state index is 12.0. The second-order valence-corrected chi connectivity index (χ2v) is 6.64. The van der Waals surface area contributed by atoms with Gasteiger partial charge in [-0.1, -0.05) is 30.3 Å². The van der Waals surface area contributed by atoms with Crippen LogP contribution in [-0.4, -0.2) is 20.4 Å². The Labute approximate surface area is 129 Å². The van der Waals surface area contributed by atoms with E-state index in [0.29, 0.717) is 11.3 Å². The summed E-state index contributed by atoms with van der Waals surface area (Å²) in [7, 11) is -3.59. The first-order valence-electron chi connectivity index (χ1n) is 6.80. The third-order valence-electron chi connectivity index (χ3n) is 2.97. The van der Waals surface area contributed by atoms with Gasteiger partial charge in [-0.2, -0.15) is 0 Å². The zero-order valence-electron chi connectivity index (χ0n) is 12.2. The summed E-state index contributed by atoms with van der Waals surface area (Å²) in [6.45, 7) is 1.72. The fourth-order valence-corrected chi connectivity index (χ4v) is 3.26. The lowest BCUT2D eigenvalue weighted by atomic mass is 10.2. The Kier molecular flexibility index (Phi) is 5.35. The number of rotatable bonds is 7. The van der Waals surface area contributed by atoms with E-state index in [1.165, 1.54) is 13.2 Å². The molecule has 0 saturated heterocycles. The van der Waals surface area contributed by atoms with Gasteiger partial charge in [0.2, 0.25) is 15.9 Å². The third-order valence-corrected chi connectivity index (χ3v) is 4.39. The van der Waals surface area contributed by atoms with Crippen molar-refractivity contribution in [3.05, 3.63) is 60.1 Å². The van der Waals surface area contributed by atoms with Crippen LogP contribution in [0.25, 0.3) is 0 Å². The molecule has 0 saturated carbocycles. The third kappa shape index (κ3) is 5.01. The summed E-state index contributed by atoms with van der Waals surface area (Å²) in [5.74, 6) is 0.0321. The smallest absolute Gasteiger partial charge is 0.238 e. The Morgan fingerprint density at radius 2 is 1.91 bits per heavy atom. The minimum atomic E-state index is -3.59. The van der Waals surface area contributed by atoms with E-state index in [-0.39, 0.29) is 12.3 Å². The van der Waals surface area contributed by atoms with Gasteiger partial charge >= 0.3 is 0 Å². The van der Waals surface area contributed by atoms with Gasteiger partial charge in [0.05, 0.1) is 24.6 Å². The van der Waals surface area contributed by atoms with Crippen molar-refractivity contribution in [1.29, 1.82) is 0 Å². The maximum atomic E-state index is 12.0. The fraction of sp³-hybridized carbons (Fsp3) is 0.267. The predicted octanol–water partition coefficient (Wildman–Crippen LogP) is 1.40. The van der Waals surface area contributed by atoms with E-state index in [1.807, 2.05) is 6.07 Å². The zero-order valence-corrected chi connectivity index (χ0v) is 13.0. The first-order valence-corrected chi connectivity index (χ1v) is 8.45. The van der Waals surface area contributed by atoms with Gasteiger partial charge < -0.3 is 9.73 Å². The molecule has 6 nitrogen and oxygen atoms in total. The molecule has 0 aliphatic heterocycles. The fourth-order valence-electron chi connectivity index (χ4n) is 1.90. The average molecular weight is 322 g/mol. The summed E-state index contributed by atoms with van der Waals surface area (Å²) < 4.78 is 31.5. The SMILES string of the molecule is C[C@H](NS(=O)(=O)Cc1ccccc1)C(=O)NCc1ccco1. The summed E-state index contributed by atoms with van der Waals surface area (Å²) in [6.07, 6.45) is 1.51. The van der Waals surface area contributed by atoms with Crippen LogP contribution in [0.5, 0.6) is 0 Å². The van der Waals surface area contributed by atoms with Crippen LogP contribution in [0, 0.1) is 0 Å². The number of nitrogens with one attached hydrogen (secondary N) is 2. The highest BCUT2D eigenvalue weighted by Gasteiger charge is 2.20. The van der Waals surface area contributed by atoms with Crippen molar-refractivity contribution in [2.75, 3.05) is 0 Å². The molecule has 1 amide bonds. The highest BCUT2D eigenvalue weighted by molar-refractivity contribution is 7.88. The van der Waals surface area contributed by atoms with Gasteiger partial charge in [0.15, 0.2) is 0 Å². The Morgan fingerprint density at radius 1 is 1.18 bits per heavy atom. The van der Waals surface area contributed by atoms with E-state index >= 15 is 0 Å². The molecule has 1 aromatic heterocycles. The molecule has 22 heavy (non-hydrogen) atoms. The van der Waals surface area contributed by atoms with Crippen molar-refractivity contribution in [3.8, 4) is 0 Å². The molecule has 1 atom stereocenters. The Hall–Kier alpha value is -2.12. The van der Waals surface area contributed by atoms with Gasteiger partial charge in [0, 0.05) is 0 Å². The van der Waals surface area contributed by atoms with E-state index in [2.05, 4.69) is 10.0 Å². The molecule has 1 heterocycles. The van der Waals surface area contributed by atoms with Gasteiger partial charge in [0.1, 0.15) is 5.76 Å². The van der Waals surface area contributed by atoms with Crippen molar-refractivity contribution in [2.45, 2.75) is 25.3 Å². The van der Waals surface area contributed by atoms with Gasteiger partial charge in [-0.15, -0.1) is 0 Å². The Bertz CT molecular complexity index is 696. The number of carbonyl (C=O) groups is 1. The van der Waals surface area contributed by atoms with Crippen LogP contribution in [-0.2, 0) is 27.1 Å². The summed E-state index contributed by atoms with van der Waals surface area (Å²) >= 11 is 0. The molecule has 0 aliphatic rings. The molecular weight excluding hydrogens is 304 g/mol. The van der Waals surface area contributed by atoms with E-state index < -0.39 is 22.0 Å². The summed E-state index contributed by atoms with van der Waals surface area (Å²) in [4.78, 5) is 11.9. The number of furan rings is 1. The summed E-state index contributed by atoms with van der Waals surface area (Å²) in [6, 6.07) is 11.4. The molecule has 0 fully saturated rings. The Balaban J connectivity index is 1.86. The standard InChI is InChI=1S/C15H18N2O4S/c1-12(15(18)16-10-14-8-5-9-21-14)17-22(19,20)11-13-6-3-2-4-7-13/h2-9,12,17H,10-11H2,1H3,(H,16,18)/t12-/m0/s1. The maximum Gasteiger partial charge on any atom is 0.238 e. The van der Waals surface area contributed by atoms with Crippen LogP contribution < -0.4 is 10.0 Å². The number of sulfonamides is 1. The molecule has 1 aromatic carbocycles. The molecule has 2 N–H and O–H groups in total. The van der Waals surface area contributed by atoms with Crippen molar-refractivity contribution < 1.29 is 17.6 Å². The van der Waals surface area contributed by atoms with Crippen LogP contribution in [0.3, 0.4) is 0 Å². The number of benzene rings is 1. The molecule has 2 rings (SSSR count). The topological polar surface area (TPSA) is 88.4 Å². The molecular formula is C15H18N2O4S. The number of carbonyl (C=O) groups excluding carboxylic acids is 1. The van der Waals surface area contributed by atoms with E-state index in [1.54, 1.807) is 36.4 Å². The Morgan fingerprint density at radius 3 is 2.55 bits per heavy atom. The second-order valence-electron chi connectivity index (χ2n) is 4.88. The minimum absolute atomic E-state index is 0.163. The lowest BCUT2D eigenvalue weighted by molar-refractivity contribution is -0.122. The minimum Gasteiger partial charge on any atom is -0.467 e. The quantitative estimate of drug-likeness (QED) is 0.806. The monoisotopic (exact) mass is 322 g/mol. The molecule has 2 aromatic rings. The highest BCUT2D eigenvalue weighted by Crippen LogP contribution is 2.05. The van der Waals surface area contributed by atoms with E-state index in [0.717, 1.165) is 0 Å². The molecule has 0 unspecified atom stereocenters.